The number of fused-ring (bicyclic) bond motifs is 1. The van der Waals surface area contributed by atoms with Gasteiger partial charge in [0.15, 0.2) is 11.3 Å². The number of imidazole rings is 1. The Morgan fingerprint density at radius 3 is 2.67 bits per heavy atom. The van der Waals surface area contributed by atoms with Crippen LogP contribution < -0.4 is 10.4 Å². The number of aromatic nitrogens is 3. The second-order valence-electron chi connectivity index (χ2n) is 4.15. The first-order valence-corrected chi connectivity index (χ1v) is 6.03. The van der Waals surface area contributed by atoms with Crippen LogP contribution in [0.25, 0.3) is 11.2 Å². The first kappa shape index (κ1) is 14.6. The standard InChI is InChI=1S/C12H13N3O6/c1-4-20-12(19)7-9(17)8-10(13-5-14(8)3)15(11(7)18)21-6(2)16/h5,17H,4H2,1-3H3. The minimum absolute atomic E-state index is 0.0225. The van der Waals surface area contributed by atoms with Crippen LogP contribution in [0, 0.1) is 0 Å². The van der Waals surface area contributed by atoms with Crippen LogP contribution in [0.3, 0.4) is 0 Å². The molecule has 0 aliphatic carbocycles. The van der Waals surface area contributed by atoms with Gasteiger partial charge < -0.3 is 19.2 Å². The van der Waals surface area contributed by atoms with E-state index in [0.29, 0.717) is 4.73 Å². The lowest BCUT2D eigenvalue weighted by Gasteiger charge is -2.10. The van der Waals surface area contributed by atoms with Crippen LogP contribution >= 0.6 is 0 Å². The molecule has 2 aromatic rings. The molecule has 0 saturated heterocycles. The highest BCUT2D eigenvalue weighted by atomic mass is 16.7. The van der Waals surface area contributed by atoms with E-state index in [9.17, 15) is 19.5 Å². The molecule has 112 valence electrons. The number of nitrogens with zero attached hydrogens (tertiary/aromatic N) is 3. The number of hydrogen-bond acceptors (Lipinski definition) is 7. The van der Waals surface area contributed by atoms with Gasteiger partial charge in [0, 0.05) is 14.0 Å². The zero-order chi connectivity index (χ0) is 15.7. The van der Waals surface area contributed by atoms with Crippen molar-refractivity contribution in [1.29, 1.82) is 0 Å². The molecule has 21 heavy (non-hydrogen) atoms. The summed E-state index contributed by atoms with van der Waals surface area (Å²) >= 11 is 0. The van der Waals surface area contributed by atoms with Crippen LogP contribution in [0.2, 0.25) is 0 Å². The van der Waals surface area contributed by atoms with Gasteiger partial charge in [0.25, 0.3) is 0 Å². The molecule has 0 fully saturated rings. The molecule has 0 bridgehead atoms. The molecule has 2 aromatic heterocycles. The highest BCUT2D eigenvalue weighted by Crippen LogP contribution is 2.25. The average molecular weight is 295 g/mol. The minimum atomic E-state index is -1.02. The quantitative estimate of drug-likeness (QED) is 0.766. The molecule has 0 unspecified atom stereocenters. The Hall–Kier alpha value is -2.84. The van der Waals surface area contributed by atoms with E-state index in [4.69, 9.17) is 9.57 Å². The zero-order valence-corrected chi connectivity index (χ0v) is 11.6. The molecule has 1 N–H and O–H groups in total. The summed E-state index contributed by atoms with van der Waals surface area (Å²) < 4.78 is 6.67. The second-order valence-corrected chi connectivity index (χ2v) is 4.15. The zero-order valence-electron chi connectivity index (χ0n) is 11.6. The molecule has 0 aliphatic rings. The van der Waals surface area contributed by atoms with E-state index in [0.717, 1.165) is 6.92 Å². The van der Waals surface area contributed by atoms with Gasteiger partial charge in [0.2, 0.25) is 5.65 Å². The molecule has 9 heteroatoms. The fraction of sp³-hybridized carbons (Fsp3) is 0.333. The Kier molecular flexibility index (Phi) is 3.66. The molecule has 2 rings (SSSR count). The summed E-state index contributed by atoms with van der Waals surface area (Å²) in [6.07, 6.45) is 1.30. The number of esters is 1. The van der Waals surface area contributed by atoms with Crippen molar-refractivity contribution in [3.8, 4) is 5.75 Å². The molecule has 0 spiro atoms. The molecular weight excluding hydrogens is 282 g/mol. The van der Waals surface area contributed by atoms with E-state index in [1.807, 2.05) is 0 Å². The molecule has 0 atom stereocenters. The van der Waals surface area contributed by atoms with Crippen molar-refractivity contribution < 1.29 is 24.3 Å². The van der Waals surface area contributed by atoms with E-state index in [1.54, 1.807) is 14.0 Å². The second kappa shape index (κ2) is 5.27. The van der Waals surface area contributed by atoms with Gasteiger partial charge in [-0.1, -0.05) is 0 Å². The summed E-state index contributed by atoms with van der Waals surface area (Å²) in [5.41, 5.74) is -1.65. The van der Waals surface area contributed by atoms with Gasteiger partial charge in [-0.15, -0.1) is 4.73 Å². The number of aryl methyl sites for hydroxylation is 1. The molecule has 2 heterocycles. The van der Waals surface area contributed by atoms with Crippen LogP contribution in [-0.4, -0.2) is 37.9 Å². The Labute approximate surface area is 118 Å². The largest absolute Gasteiger partial charge is 0.505 e. The Balaban J connectivity index is 2.85. The third-order valence-corrected chi connectivity index (χ3v) is 2.67. The molecule has 0 radical (unpaired) electrons. The number of carbonyl (C=O) groups is 2. The van der Waals surface area contributed by atoms with Gasteiger partial charge in [-0.25, -0.2) is 14.6 Å². The highest BCUT2D eigenvalue weighted by molar-refractivity contribution is 5.97. The predicted octanol–water partition coefficient (Wildman–Crippen LogP) is -0.408. The van der Waals surface area contributed by atoms with E-state index >= 15 is 0 Å². The smallest absolute Gasteiger partial charge is 0.347 e. The maximum Gasteiger partial charge on any atom is 0.347 e. The van der Waals surface area contributed by atoms with Crippen molar-refractivity contribution in [2.24, 2.45) is 7.05 Å². The number of carbonyl (C=O) groups excluding carboxylic acids is 2. The summed E-state index contributed by atoms with van der Waals surface area (Å²) in [5.74, 6) is -2.36. The lowest BCUT2D eigenvalue weighted by molar-refractivity contribution is -0.141. The summed E-state index contributed by atoms with van der Waals surface area (Å²) in [5, 5.41) is 10.1. The molecule has 0 saturated carbocycles. The van der Waals surface area contributed by atoms with Gasteiger partial charge in [-0.05, 0) is 6.92 Å². The van der Waals surface area contributed by atoms with Crippen LogP contribution in [-0.2, 0) is 16.6 Å². The van der Waals surface area contributed by atoms with Crippen molar-refractivity contribution >= 4 is 23.1 Å². The van der Waals surface area contributed by atoms with Crippen LogP contribution in [0.1, 0.15) is 24.2 Å². The third-order valence-electron chi connectivity index (χ3n) is 2.67. The number of aromatic hydroxyl groups is 1. The van der Waals surface area contributed by atoms with Crippen molar-refractivity contribution in [1.82, 2.24) is 14.3 Å². The monoisotopic (exact) mass is 295 g/mol. The molecule has 0 aromatic carbocycles. The number of ether oxygens (including phenoxy) is 1. The molecular formula is C12H13N3O6. The Morgan fingerprint density at radius 1 is 1.43 bits per heavy atom. The van der Waals surface area contributed by atoms with Crippen molar-refractivity contribution in [3.63, 3.8) is 0 Å². The predicted molar refractivity (Wildman–Crippen MR) is 69.9 cm³/mol. The van der Waals surface area contributed by atoms with E-state index in [1.165, 1.54) is 10.9 Å². The SMILES string of the molecule is CCOC(=O)c1c(O)c2c(ncn2C)n(OC(C)=O)c1=O. The summed E-state index contributed by atoms with van der Waals surface area (Å²) in [7, 11) is 1.55. The van der Waals surface area contributed by atoms with Gasteiger partial charge in [0.05, 0.1) is 12.9 Å². The third kappa shape index (κ3) is 2.33. The normalized spacial score (nSPS) is 10.6. The van der Waals surface area contributed by atoms with Crippen LogP contribution in [0.5, 0.6) is 5.75 Å². The topological polar surface area (TPSA) is 113 Å². The highest BCUT2D eigenvalue weighted by Gasteiger charge is 2.27. The Bertz CT molecular complexity index is 788. The Morgan fingerprint density at radius 2 is 2.10 bits per heavy atom. The van der Waals surface area contributed by atoms with Crippen molar-refractivity contribution in [2.45, 2.75) is 13.8 Å². The number of rotatable bonds is 3. The molecule has 0 aliphatic heterocycles. The van der Waals surface area contributed by atoms with Gasteiger partial charge in [-0.2, -0.15) is 0 Å². The van der Waals surface area contributed by atoms with Gasteiger partial charge in [0.1, 0.15) is 5.52 Å². The minimum Gasteiger partial charge on any atom is -0.505 e. The van der Waals surface area contributed by atoms with E-state index in [2.05, 4.69) is 4.98 Å². The summed E-state index contributed by atoms with van der Waals surface area (Å²) in [6, 6.07) is 0. The number of hydrogen-bond donors (Lipinski definition) is 1. The van der Waals surface area contributed by atoms with Crippen molar-refractivity contribution in [2.75, 3.05) is 6.61 Å². The summed E-state index contributed by atoms with van der Waals surface area (Å²) in [4.78, 5) is 43.8. The van der Waals surface area contributed by atoms with Gasteiger partial charge >= 0.3 is 17.5 Å². The lowest BCUT2D eigenvalue weighted by Crippen LogP contribution is -2.34. The lowest BCUT2D eigenvalue weighted by atomic mass is 10.2. The average Bonchev–Trinajstić information content (AvgIpc) is 2.77. The van der Waals surface area contributed by atoms with Crippen molar-refractivity contribution in [3.05, 3.63) is 22.2 Å². The first-order chi connectivity index (χ1) is 9.88. The molecule has 9 nitrogen and oxygen atoms in total. The maximum atomic E-state index is 12.2. The summed E-state index contributed by atoms with van der Waals surface area (Å²) in [6.45, 7) is 2.68. The fourth-order valence-electron chi connectivity index (χ4n) is 1.86. The number of pyridine rings is 1. The van der Waals surface area contributed by atoms with Crippen LogP contribution in [0.4, 0.5) is 0 Å². The van der Waals surface area contributed by atoms with Crippen LogP contribution in [0.15, 0.2) is 11.1 Å². The first-order valence-electron chi connectivity index (χ1n) is 6.03. The fourth-order valence-corrected chi connectivity index (χ4v) is 1.86. The van der Waals surface area contributed by atoms with E-state index in [-0.39, 0.29) is 17.8 Å². The van der Waals surface area contributed by atoms with E-state index < -0.39 is 28.8 Å². The van der Waals surface area contributed by atoms with Gasteiger partial charge in [-0.3, -0.25) is 4.79 Å². The molecule has 0 amide bonds. The maximum absolute atomic E-state index is 12.2.